The maximum absolute atomic E-state index is 13.2. The molecule has 2 aromatic carbocycles. The topological polar surface area (TPSA) is 89.8 Å². The van der Waals surface area contributed by atoms with Gasteiger partial charge in [0.05, 0.1) is 10.5 Å². The zero-order valence-electron chi connectivity index (χ0n) is 18.6. The lowest BCUT2D eigenvalue weighted by Gasteiger charge is -2.46. The van der Waals surface area contributed by atoms with Crippen molar-refractivity contribution < 1.29 is 19.2 Å². The van der Waals surface area contributed by atoms with Crippen molar-refractivity contribution in [2.24, 2.45) is 11.8 Å². The Balaban J connectivity index is 1.28. The third-order valence-corrected chi connectivity index (χ3v) is 7.70. The summed E-state index contributed by atoms with van der Waals surface area (Å²) >= 11 is 0. The fourth-order valence-electron chi connectivity index (χ4n) is 6.12. The average molecular weight is 456 g/mol. The Kier molecular flexibility index (Phi) is 4.86. The van der Waals surface area contributed by atoms with Gasteiger partial charge >= 0.3 is 5.97 Å². The molecule has 4 aliphatic rings. The molecule has 0 aromatic heterocycles. The molecule has 2 aromatic rings. The molecule has 2 heterocycles. The van der Waals surface area contributed by atoms with Crippen molar-refractivity contribution in [2.75, 3.05) is 24.6 Å². The van der Waals surface area contributed by atoms with Crippen molar-refractivity contribution in [2.45, 2.75) is 24.7 Å². The Bertz CT molecular complexity index is 1260. The van der Waals surface area contributed by atoms with Crippen LogP contribution in [0.15, 0.2) is 60.7 Å². The molecule has 0 amide bonds. The number of non-ortho nitro benzene ring substituents is 1. The van der Waals surface area contributed by atoms with Gasteiger partial charge in [-0.2, -0.15) is 0 Å². The van der Waals surface area contributed by atoms with Crippen LogP contribution >= 0.6 is 0 Å². The van der Waals surface area contributed by atoms with Gasteiger partial charge in [-0.1, -0.05) is 30.4 Å². The molecule has 34 heavy (non-hydrogen) atoms. The number of ether oxygens (including phenoxy) is 1. The molecule has 6 rings (SSSR count). The van der Waals surface area contributed by atoms with Gasteiger partial charge in [-0.25, -0.2) is 4.79 Å². The Morgan fingerprint density at radius 2 is 1.65 bits per heavy atom. The molecule has 0 fully saturated rings. The smallest absolute Gasteiger partial charge is 0.338 e. The maximum Gasteiger partial charge on any atom is 0.338 e. The molecule has 0 radical (unpaired) electrons. The minimum Gasteiger partial charge on any atom is -0.454 e. The van der Waals surface area contributed by atoms with Crippen LogP contribution in [0.1, 0.15) is 56.5 Å². The van der Waals surface area contributed by atoms with Gasteiger partial charge in [-0.3, -0.25) is 14.9 Å². The van der Waals surface area contributed by atoms with Crippen molar-refractivity contribution in [3.8, 4) is 0 Å². The van der Waals surface area contributed by atoms with Gasteiger partial charge in [-0.05, 0) is 54.0 Å². The fourth-order valence-corrected chi connectivity index (χ4v) is 6.12. The van der Waals surface area contributed by atoms with E-state index >= 15 is 0 Å². The molecule has 2 aliphatic heterocycles. The van der Waals surface area contributed by atoms with Gasteiger partial charge in [0.1, 0.15) is 0 Å². The van der Waals surface area contributed by atoms with E-state index in [1.54, 1.807) is 0 Å². The first-order valence-corrected chi connectivity index (χ1v) is 11.7. The molecular formula is C27H24N2O5. The molecule has 0 saturated carbocycles. The van der Waals surface area contributed by atoms with Crippen LogP contribution in [-0.2, 0) is 4.74 Å². The van der Waals surface area contributed by atoms with Gasteiger partial charge in [0, 0.05) is 48.3 Å². The number of carbonyl (C=O) groups is 2. The van der Waals surface area contributed by atoms with Gasteiger partial charge in [0.25, 0.3) is 5.69 Å². The lowest BCUT2D eigenvalue weighted by molar-refractivity contribution is -0.384. The van der Waals surface area contributed by atoms with E-state index in [-0.39, 0.29) is 17.2 Å². The number of hydrogen-bond donors (Lipinski definition) is 0. The van der Waals surface area contributed by atoms with Crippen molar-refractivity contribution in [3.63, 3.8) is 0 Å². The number of esters is 1. The molecular weight excluding hydrogens is 432 g/mol. The number of nitro benzene ring substituents is 1. The molecule has 0 spiro atoms. The minimum absolute atomic E-state index is 0.0928. The standard InChI is InChI=1S/C27H24N2O5/c30-24(16-7-9-19(10-8-16)29(32)33)15-34-27(31)23-12-11-22-20-5-1-3-17(20)13-28-14-18-4-2-6-21(18)25(23)26(22)28/h1-2,5-12,17-18,20-21H,3-4,13-15H2/t17-,18-,20-,21-/m0/s1. The number of hydrogen-bond acceptors (Lipinski definition) is 6. The summed E-state index contributed by atoms with van der Waals surface area (Å²) < 4.78 is 5.47. The average Bonchev–Trinajstić information content (AvgIpc) is 3.52. The largest absolute Gasteiger partial charge is 0.454 e. The number of carbonyl (C=O) groups excluding carboxylic acids is 2. The highest BCUT2D eigenvalue weighted by Crippen LogP contribution is 2.53. The molecule has 4 atom stereocenters. The van der Waals surface area contributed by atoms with E-state index in [9.17, 15) is 19.7 Å². The molecule has 0 bridgehead atoms. The SMILES string of the molecule is O=C(COC(=O)c1ccc2c3c1[C@H]1C=CC[C@H]1CN3C[C@@H]1CC=C[C@H]21)c1ccc([N+](=O)[O-])cc1. The van der Waals surface area contributed by atoms with E-state index in [1.165, 1.54) is 35.5 Å². The van der Waals surface area contributed by atoms with E-state index in [0.717, 1.165) is 31.5 Å². The molecule has 7 nitrogen and oxygen atoms in total. The number of fused-ring (bicyclic) bond motifs is 4. The predicted octanol–water partition coefficient (Wildman–Crippen LogP) is 4.79. The Labute approximate surface area is 196 Å². The molecule has 172 valence electrons. The molecule has 0 unspecified atom stereocenters. The second-order valence-corrected chi connectivity index (χ2v) is 9.57. The summed E-state index contributed by atoms with van der Waals surface area (Å²) in [7, 11) is 0. The zero-order chi connectivity index (χ0) is 23.4. The summed E-state index contributed by atoms with van der Waals surface area (Å²) in [5, 5.41) is 10.8. The van der Waals surface area contributed by atoms with Crippen molar-refractivity contribution in [3.05, 3.63) is 93.1 Å². The summed E-state index contributed by atoms with van der Waals surface area (Å²) in [6.07, 6.45) is 11.1. The van der Waals surface area contributed by atoms with Crippen LogP contribution < -0.4 is 4.90 Å². The van der Waals surface area contributed by atoms with E-state index in [0.29, 0.717) is 23.3 Å². The van der Waals surface area contributed by atoms with Crippen molar-refractivity contribution >= 4 is 23.1 Å². The first-order valence-electron chi connectivity index (χ1n) is 11.7. The maximum atomic E-state index is 13.2. The van der Waals surface area contributed by atoms with Crippen molar-refractivity contribution in [1.29, 1.82) is 0 Å². The predicted molar refractivity (Wildman–Crippen MR) is 126 cm³/mol. The molecule has 0 N–H and O–H groups in total. The normalized spacial score (nSPS) is 25.5. The Hall–Kier alpha value is -3.74. The zero-order valence-corrected chi connectivity index (χ0v) is 18.6. The van der Waals surface area contributed by atoms with Crippen LogP contribution in [0.5, 0.6) is 0 Å². The highest BCUT2D eigenvalue weighted by atomic mass is 16.6. The lowest BCUT2D eigenvalue weighted by atomic mass is 9.73. The second kappa shape index (κ2) is 7.94. The molecule has 2 aliphatic carbocycles. The number of nitro groups is 1. The summed E-state index contributed by atoms with van der Waals surface area (Å²) in [5.74, 6) is 0.708. The summed E-state index contributed by atoms with van der Waals surface area (Å²) in [4.78, 5) is 38.5. The van der Waals surface area contributed by atoms with E-state index in [4.69, 9.17) is 4.74 Å². The number of anilines is 1. The van der Waals surface area contributed by atoms with Crippen LogP contribution in [0, 0.1) is 22.0 Å². The van der Waals surface area contributed by atoms with Crippen LogP contribution in [-0.4, -0.2) is 36.4 Å². The number of rotatable bonds is 5. The van der Waals surface area contributed by atoms with Crippen molar-refractivity contribution in [1.82, 2.24) is 0 Å². The monoisotopic (exact) mass is 456 g/mol. The number of Topliss-reactive ketones (excluding diaryl/α,β-unsaturated/α-hetero) is 1. The van der Waals surface area contributed by atoms with Crippen LogP contribution in [0.3, 0.4) is 0 Å². The quantitative estimate of drug-likeness (QED) is 0.211. The number of ketones is 1. The van der Waals surface area contributed by atoms with Gasteiger partial charge < -0.3 is 9.64 Å². The number of allylic oxidation sites excluding steroid dienone is 4. The van der Waals surface area contributed by atoms with Crippen LogP contribution in [0.4, 0.5) is 11.4 Å². The Morgan fingerprint density at radius 3 is 2.35 bits per heavy atom. The molecule has 0 saturated heterocycles. The van der Waals surface area contributed by atoms with E-state index in [1.807, 2.05) is 6.07 Å². The summed E-state index contributed by atoms with van der Waals surface area (Å²) in [6, 6.07) is 9.24. The Morgan fingerprint density at radius 1 is 0.971 bits per heavy atom. The third kappa shape index (κ3) is 3.26. The second-order valence-electron chi connectivity index (χ2n) is 9.57. The number of benzene rings is 2. The highest BCUT2D eigenvalue weighted by Gasteiger charge is 2.44. The van der Waals surface area contributed by atoms with Gasteiger partial charge in [-0.15, -0.1) is 0 Å². The molecule has 7 heteroatoms. The van der Waals surface area contributed by atoms with Gasteiger partial charge in [0.2, 0.25) is 0 Å². The van der Waals surface area contributed by atoms with E-state index < -0.39 is 23.3 Å². The van der Waals surface area contributed by atoms with Gasteiger partial charge in [0.15, 0.2) is 12.4 Å². The minimum atomic E-state index is -0.520. The van der Waals surface area contributed by atoms with E-state index in [2.05, 4.69) is 35.3 Å². The first-order chi connectivity index (χ1) is 16.5. The van der Waals surface area contributed by atoms with Crippen LogP contribution in [0.2, 0.25) is 0 Å². The summed E-state index contributed by atoms with van der Waals surface area (Å²) in [5.41, 5.74) is 4.21. The first kappa shape index (κ1) is 20.8. The number of nitrogens with zero attached hydrogens (tertiary/aromatic N) is 2. The lowest BCUT2D eigenvalue weighted by Crippen LogP contribution is -2.44. The fraction of sp³-hybridized carbons (Fsp3) is 0.333. The highest BCUT2D eigenvalue weighted by molar-refractivity contribution is 6.00. The summed E-state index contributed by atoms with van der Waals surface area (Å²) in [6.45, 7) is 1.59. The third-order valence-electron chi connectivity index (χ3n) is 7.70. The van der Waals surface area contributed by atoms with Crippen LogP contribution in [0.25, 0.3) is 0 Å².